The molecule has 2 N–H and O–H groups in total. The van der Waals surface area contributed by atoms with Gasteiger partial charge in [0, 0.05) is 38.3 Å². The van der Waals surface area contributed by atoms with Crippen LogP contribution >= 0.6 is 0 Å². The highest BCUT2D eigenvalue weighted by Crippen LogP contribution is 2.28. The van der Waals surface area contributed by atoms with E-state index in [4.69, 9.17) is 5.73 Å². The van der Waals surface area contributed by atoms with Crippen LogP contribution in [0.2, 0.25) is 0 Å². The van der Waals surface area contributed by atoms with Gasteiger partial charge in [0.05, 0.1) is 0 Å². The van der Waals surface area contributed by atoms with Crippen LogP contribution in [0.1, 0.15) is 47.5 Å². The van der Waals surface area contributed by atoms with Crippen LogP contribution in [0.15, 0.2) is 0 Å². The first-order chi connectivity index (χ1) is 8.40. The first-order valence-corrected chi connectivity index (χ1v) is 7.62. The highest BCUT2D eigenvalue weighted by Gasteiger charge is 2.35. The van der Waals surface area contributed by atoms with Crippen molar-refractivity contribution in [3.8, 4) is 0 Å². The van der Waals surface area contributed by atoms with Gasteiger partial charge in [-0.15, -0.1) is 0 Å². The summed E-state index contributed by atoms with van der Waals surface area (Å²) in [6.07, 6.45) is 2.33. The van der Waals surface area contributed by atoms with Gasteiger partial charge in [-0.3, -0.25) is 4.90 Å². The molecular formula is C15H33N3. The van der Waals surface area contributed by atoms with E-state index in [9.17, 15) is 0 Å². The molecule has 0 aromatic rings. The quantitative estimate of drug-likeness (QED) is 0.817. The summed E-state index contributed by atoms with van der Waals surface area (Å²) in [7, 11) is 0. The molecular weight excluding hydrogens is 222 g/mol. The van der Waals surface area contributed by atoms with Crippen molar-refractivity contribution in [3.05, 3.63) is 0 Å². The normalized spacial score (nSPS) is 23.0. The Morgan fingerprint density at radius 1 is 1.06 bits per heavy atom. The van der Waals surface area contributed by atoms with Gasteiger partial charge in [-0.1, -0.05) is 34.6 Å². The van der Waals surface area contributed by atoms with Crippen molar-refractivity contribution in [1.82, 2.24) is 9.80 Å². The molecule has 0 aromatic carbocycles. The lowest BCUT2D eigenvalue weighted by atomic mass is 9.80. The third-order valence-electron chi connectivity index (χ3n) is 4.10. The Bertz CT molecular complexity index is 226. The maximum atomic E-state index is 6.37. The van der Waals surface area contributed by atoms with Gasteiger partial charge in [-0.2, -0.15) is 0 Å². The van der Waals surface area contributed by atoms with Crippen molar-refractivity contribution in [2.24, 2.45) is 11.1 Å². The van der Waals surface area contributed by atoms with E-state index in [-0.39, 0.29) is 5.41 Å². The van der Waals surface area contributed by atoms with Crippen LogP contribution in [0.4, 0.5) is 0 Å². The molecule has 108 valence electrons. The minimum Gasteiger partial charge on any atom is -0.326 e. The molecule has 1 fully saturated rings. The topological polar surface area (TPSA) is 32.5 Å². The molecule has 18 heavy (non-hydrogen) atoms. The van der Waals surface area contributed by atoms with Crippen LogP contribution in [0.3, 0.4) is 0 Å². The molecule has 1 aliphatic heterocycles. The van der Waals surface area contributed by atoms with Gasteiger partial charge in [0.1, 0.15) is 0 Å². The largest absolute Gasteiger partial charge is 0.326 e. The monoisotopic (exact) mass is 255 g/mol. The zero-order valence-electron chi connectivity index (χ0n) is 13.1. The molecule has 0 amide bonds. The summed E-state index contributed by atoms with van der Waals surface area (Å²) >= 11 is 0. The number of nitrogens with two attached hydrogens (primary N) is 1. The Kier molecular flexibility index (Phi) is 6.09. The third-order valence-corrected chi connectivity index (χ3v) is 4.10. The number of hydrogen-bond acceptors (Lipinski definition) is 3. The average Bonchev–Trinajstić information content (AvgIpc) is 2.30. The molecule has 1 rings (SSSR count). The fraction of sp³-hybridized carbons (Fsp3) is 1.00. The van der Waals surface area contributed by atoms with Gasteiger partial charge in [-0.05, 0) is 24.8 Å². The molecule has 0 saturated carbocycles. The number of nitrogens with zero attached hydrogens (tertiary/aromatic N) is 2. The standard InChI is InChI=1S/C15H33N3/c1-6-8-17-9-11-18(12-10-17)14(13(16)7-2)15(3,4)5/h13-14H,6-12,16H2,1-5H3. The lowest BCUT2D eigenvalue weighted by Crippen LogP contribution is -2.59. The zero-order valence-corrected chi connectivity index (χ0v) is 13.1. The summed E-state index contributed by atoms with van der Waals surface area (Å²) in [5.74, 6) is 0. The Morgan fingerprint density at radius 3 is 2.00 bits per heavy atom. The SMILES string of the molecule is CCCN1CCN(C(C(N)CC)C(C)(C)C)CC1. The summed E-state index contributed by atoms with van der Waals surface area (Å²) in [6, 6.07) is 0.800. The van der Waals surface area contributed by atoms with E-state index < -0.39 is 0 Å². The second-order valence-electron chi connectivity index (χ2n) is 6.76. The summed E-state index contributed by atoms with van der Waals surface area (Å²) in [5.41, 5.74) is 6.64. The van der Waals surface area contributed by atoms with Gasteiger partial charge in [0.25, 0.3) is 0 Å². The van der Waals surface area contributed by atoms with Gasteiger partial charge in [-0.25, -0.2) is 0 Å². The molecule has 1 aliphatic rings. The summed E-state index contributed by atoms with van der Waals surface area (Å²) in [5, 5.41) is 0. The molecule has 2 atom stereocenters. The summed E-state index contributed by atoms with van der Waals surface area (Å²) in [6.45, 7) is 17.4. The van der Waals surface area contributed by atoms with Crippen molar-refractivity contribution in [2.45, 2.75) is 59.5 Å². The van der Waals surface area contributed by atoms with E-state index in [1.807, 2.05) is 0 Å². The number of hydrogen-bond donors (Lipinski definition) is 1. The van der Waals surface area contributed by atoms with Crippen LogP contribution < -0.4 is 5.73 Å². The van der Waals surface area contributed by atoms with Crippen LogP contribution in [0.5, 0.6) is 0 Å². The maximum absolute atomic E-state index is 6.37. The van der Waals surface area contributed by atoms with E-state index in [0.29, 0.717) is 12.1 Å². The molecule has 0 aliphatic carbocycles. The van der Waals surface area contributed by atoms with E-state index in [1.54, 1.807) is 0 Å². The highest BCUT2D eigenvalue weighted by molar-refractivity contribution is 4.92. The molecule has 0 aromatic heterocycles. The first kappa shape index (κ1) is 15.9. The van der Waals surface area contributed by atoms with Gasteiger partial charge >= 0.3 is 0 Å². The van der Waals surface area contributed by atoms with Crippen LogP contribution in [-0.4, -0.2) is 54.6 Å². The molecule has 1 heterocycles. The van der Waals surface area contributed by atoms with Crippen LogP contribution in [-0.2, 0) is 0 Å². The molecule has 0 radical (unpaired) electrons. The molecule has 3 heteroatoms. The molecule has 3 nitrogen and oxygen atoms in total. The molecule has 2 unspecified atom stereocenters. The summed E-state index contributed by atoms with van der Waals surface area (Å²) in [4.78, 5) is 5.20. The number of piperazine rings is 1. The van der Waals surface area contributed by atoms with Gasteiger partial charge in [0.2, 0.25) is 0 Å². The Hall–Kier alpha value is -0.120. The Morgan fingerprint density at radius 2 is 1.61 bits per heavy atom. The van der Waals surface area contributed by atoms with Crippen molar-refractivity contribution >= 4 is 0 Å². The smallest absolute Gasteiger partial charge is 0.0296 e. The van der Waals surface area contributed by atoms with E-state index in [2.05, 4.69) is 44.4 Å². The Labute approximate surface area is 114 Å². The van der Waals surface area contributed by atoms with Crippen molar-refractivity contribution in [3.63, 3.8) is 0 Å². The zero-order chi connectivity index (χ0) is 13.8. The van der Waals surface area contributed by atoms with Gasteiger partial charge in [0.15, 0.2) is 0 Å². The van der Waals surface area contributed by atoms with Crippen molar-refractivity contribution in [2.75, 3.05) is 32.7 Å². The first-order valence-electron chi connectivity index (χ1n) is 7.62. The lowest BCUT2D eigenvalue weighted by molar-refractivity contribution is 0.0311. The minimum absolute atomic E-state index is 0.266. The Balaban J connectivity index is 2.61. The predicted molar refractivity (Wildman–Crippen MR) is 79.8 cm³/mol. The maximum Gasteiger partial charge on any atom is 0.0296 e. The highest BCUT2D eigenvalue weighted by atomic mass is 15.3. The second kappa shape index (κ2) is 6.88. The van der Waals surface area contributed by atoms with E-state index >= 15 is 0 Å². The number of rotatable bonds is 5. The van der Waals surface area contributed by atoms with Crippen molar-refractivity contribution < 1.29 is 0 Å². The molecule has 1 saturated heterocycles. The molecule has 0 bridgehead atoms. The average molecular weight is 255 g/mol. The summed E-state index contributed by atoms with van der Waals surface area (Å²) < 4.78 is 0. The van der Waals surface area contributed by atoms with E-state index in [1.165, 1.54) is 39.1 Å². The fourth-order valence-electron chi connectivity index (χ4n) is 3.27. The second-order valence-corrected chi connectivity index (χ2v) is 6.76. The lowest BCUT2D eigenvalue weighted by Gasteiger charge is -2.47. The third kappa shape index (κ3) is 4.22. The molecule has 0 spiro atoms. The predicted octanol–water partition coefficient (Wildman–Crippen LogP) is 2.17. The van der Waals surface area contributed by atoms with Crippen LogP contribution in [0, 0.1) is 5.41 Å². The van der Waals surface area contributed by atoms with Crippen molar-refractivity contribution in [1.29, 1.82) is 0 Å². The van der Waals surface area contributed by atoms with Gasteiger partial charge < -0.3 is 10.6 Å². The minimum atomic E-state index is 0.266. The van der Waals surface area contributed by atoms with E-state index in [0.717, 1.165) is 6.42 Å². The fourth-order valence-corrected chi connectivity index (χ4v) is 3.27. The van der Waals surface area contributed by atoms with Crippen LogP contribution in [0.25, 0.3) is 0 Å².